The second-order valence-electron chi connectivity index (χ2n) is 8.26. The first-order chi connectivity index (χ1) is 15.0. The summed E-state index contributed by atoms with van der Waals surface area (Å²) in [5.74, 6) is 0.0499. The van der Waals surface area contributed by atoms with E-state index in [-0.39, 0.29) is 18.4 Å². The lowest BCUT2D eigenvalue weighted by Gasteiger charge is -2.28. The summed E-state index contributed by atoms with van der Waals surface area (Å²) >= 11 is 0. The molecule has 0 fully saturated rings. The average molecular weight is 414 g/mol. The fraction of sp³-hybridized carbons (Fsp3) is 0.269. The van der Waals surface area contributed by atoms with Gasteiger partial charge in [0, 0.05) is 19.5 Å². The largest absolute Gasteiger partial charge is 0.358 e. The Labute approximate surface area is 182 Å². The van der Waals surface area contributed by atoms with Gasteiger partial charge in [-0.2, -0.15) is 0 Å². The van der Waals surface area contributed by atoms with Crippen LogP contribution in [-0.4, -0.2) is 42.3 Å². The second-order valence-corrected chi connectivity index (χ2v) is 8.26. The Bertz CT molecular complexity index is 1170. The molecule has 4 rings (SSSR count). The van der Waals surface area contributed by atoms with Gasteiger partial charge < -0.3 is 10.2 Å². The number of para-hydroxylation sites is 1. The number of hydrogen-bond acceptors (Lipinski definition) is 3. The minimum absolute atomic E-state index is 0.0169. The van der Waals surface area contributed by atoms with Crippen molar-refractivity contribution in [1.29, 1.82) is 0 Å². The third kappa shape index (κ3) is 4.22. The number of likely N-dealkylation sites (N-methyl/N-ethyl adjacent to an activating group) is 2. The first kappa shape index (κ1) is 20.8. The first-order valence-corrected chi connectivity index (χ1v) is 10.6. The number of amides is 2. The fourth-order valence-electron chi connectivity index (χ4n) is 4.29. The Morgan fingerprint density at radius 2 is 1.81 bits per heavy atom. The van der Waals surface area contributed by atoms with Crippen molar-refractivity contribution in [2.75, 3.05) is 20.6 Å². The zero-order valence-electron chi connectivity index (χ0n) is 18.2. The van der Waals surface area contributed by atoms with E-state index in [0.29, 0.717) is 11.5 Å². The maximum absolute atomic E-state index is 13.6. The van der Waals surface area contributed by atoms with Crippen LogP contribution in [0.3, 0.4) is 0 Å². The third-order valence-electron chi connectivity index (χ3n) is 5.78. The maximum Gasteiger partial charge on any atom is 0.255 e. The number of carbonyl (C=O) groups is 2. The summed E-state index contributed by atoms with van der Waals surface area (Å²) in [6, 6.07) is 18.0. The van der Waals surface area contributed by atoms with Crippen molar-refractivity contribution in [1.82, 2.24) is 15.2 Å². The van der Waals surface area contributed by atoms with E-state index in [1.165, 1.54) is 4.90 Å². The van der Waals surface area contributed by atoms with E-state index >= 15 is 0 Å². The highest BCUT2D eigenvalue weighted by atomic mass is 16.2. The third-order valence-corrected chi connectivity index (χ3v) is 5.78. The first-order valence-electron chi connectivity index (χ1n) is 10.6. The van der Waals surface area contributed by atoms with E-state index in [4.69, 9.17) is 4.98 Å². The molecule has 1 unspecified atom stereocenters. The average Bonchev–Trinajstić information content (AvgIpc) is 2.78. The normalized spacial score (nSPS) is 16.7. The molecule has 2 amide bonds. The Kier molecular flexibility index (Phi) is 5.85. The summed E-state index contributed by atoms with van der Waals surface area (Å²) in [6.45, 7) is 2.22. The minimum Gasteiger partial charge on any atom is -0.358 e. The summed E-state index contributed by atoms with van der Waals surface area (Å²) in [6.07, 6.45) is 3.88. The molecule has 1 heterocycles. The minimum atomic E-state index is -0.193. The van der Waals surface area contributed by atoms with Crippen LogP contribution in [-0.2, 0) is 11.2 Å². The van der Waals surface area contributed by atoms with Crippen LogP contribution >= 0.6 is 0 Å². The highest BCUT2D eigenvalue weighted by Crippen LogP contribution is 2.38. The van der Waals surface area contributed by atoms with Crippen LogP contribution in [0.15, 0.2) is 54.6 Å². The number of nitrogens with one attached hydrogen (secondary N) is 1. The molecule has 31 heavy (non-hydrogen) atoms. The highest BCUT2D eigenvalue weighted by Gasteiger charge is 2.29. The lowest BCUT2D eigenvalue weighted by atomic mass is 9.80. The fourth-order valence-corrected chi connectivity index (χ4v) is 4.29. The quantitative estimate of drug-likeness (QED) is 0.698. The molecule has 0 bridgehead atoms. The number of nitrogens with zero attached hydrogens (tertiary/aromatic N) is 2. The molecule has 0 radical (unpaired) electrons. The van der Waals surface area contributed by atoms with E-state index < -0.39 is 0 Å². The van der Waals surface area contributed by atoms with Crippen LogP contribution in [0.1, 0.15) is 40.5 Å². The molecule has 5 heteroatoms. The van der Waals surface area contributed by atoms with Gasteiger partial charge in [0.05, 0.1) is 23.3 Å². The molecule has 2 aromatic carbocycles. The molecule has 5 nitrogen and oxygen atoms in total. The molecule has 158 valence electrons. The van der Waals surface area contributed by atoms with Gasteiger partial charge in [-0.05, 0) is 47.6 Å². The molecule has 3 aromatic rings. The maximum atomic E-state index is 13.6. The number of fused-ring (bicyclic) bond motifs is 2. The lowest BCUT2D eigenvalue weighted by molar-refractivity contribution is -0.121. The predicted molar refractivity (Wildman–Crippen MR) is 125 cm³/mol. The summed E-state index contributed by atoms with van der Waals surface area (Å²) in [5, 5.41) is 3.43. The van der Waals surface area contributed by atoms with Crippen LogP contribution in [0.2, 0.25) is 0 Å². The van der Waals surface area contributed by atoms with Crippen molar-refractivity contribution in [2.24, 2.45) is 5.92 Å². The molecular weight excluding hydrogens is 386 g/mol. The zero-order valence-corrected chi connectivity index (χ0v) is 18.2. The van der Waals surface area contributed by atoms with Gasteiger partial charge in [0.1, 0.15) is 0 Å². The molecule has 1 aliphatic carbocycles. The van der Waals surface area contributed by atoms with Crippen molar-refractivity contribution in [3.63, 3.8) is 0 Å². The number of benzene rings is 2. The Morgan fingerprint density at radius 3 is 2.55 bits per heavy atom. The summed E-state index contributed by atoms with van der Waals surface area (Å²) < 4.78 is 0. The van der Waals surface area contributed by atoms with Crippen molar-refractivity contribution < 1.29 is 9.59 Å². The number of rotatable bonds is 4. The zero-order chi connectivity index (χ0) is 22.0. The van der Waals surface area contributed by atoms with E-state index in [2.05, 4.69) is 30.4 Å². The van der Waals surface area contributed by atoms with Crippen molar-refractivity contribution in [2.45, 2.75) is 19.8 Å². The number of aromatic nitrogens is 1. The van der Waals surface area contributed by atoms with Gasteiger partial charge in [-0.15, -0.1) is 0 Å². The molecule has 0 saturated heterocycles. The van der Waals surface area contributed by atoms with Crippen molar-refractivity contribution in [3.05, 3.63) is 77.0 Å². The van der Waals surface area contributed by atoms with Crippen LogP contribution in [0.4, 0.5) is 0 Å². The number of pyridine rings is 1. The smallest absolute Gasteiger partial charge is 0.255 e. The van der Waals surface area contributed by atoms with Gasteiger partial charge in [-0.25, -0.2) is 4.98 Å². The number of hydrogen-bond donors (Lipinski definition) is 1. The molecule has 0 aliphatic heterocycles. The van der Waals surface area contributed by atoms with E-state index in [1.54, 1.807) is 14.1 Å². The summed E-state index contributed by atoms with van der Waals surface area (Å²) in [4.78, 5) is 31.9. The number of allylic oxidation sites excluding steroid dienone is 1. The monoisotopic (exact) mass is 413 g/mol. The highest BCUT2D eigenvalue weighted by molar-refractivity contribution is 6.09. The van der Waals surface area contributed by atoms with Crippen LogP contribution in [0, 0.1) is 5.92 Å². The Hall–Kier alpha value is -3.47. The molecule has 1 aliphatic rings. The van der Waals surface area contributed by atoms with Crippen LogP contribution in [0.25, 0.3) is 22.6 Å². The van der Waals surface area contributed by atoms with Gasteiger partial charge in [-0.3, -0.25) is 9.59 Å². The van der Waals surface area contributed by atoms with Gasteiger partial charge in [0.2, 0.25) is 5.91 Å². The lowest BCUT2D eigenvalue weighted by Crippen LogP contribution is -2.37. The summed E-state index contributed by atoms with van der Waals surface area (Å²) in [7, 11) is 3.25. The van der Waals surface area contributed by atoms with Crippen LogP contribution < -0.4 is 5.32 Å². The molecule has 1 atom stereocenters. The van der Waals surface area contributed by atoms with E-state index in [9.17, 15) is 9.59 Å². The molecule has 1 N–H and O–H groups in total. The van der Waals surface area contributed by atoms with Gasteiger partial charge >= 0.3 is 0 Å². The molecule has 0 saturated carbocycles. The van der Waals surface area contributed by atoms with Crippen molar-refractivity contribution >= 4 is 34.4 Å². The summed E-state index contributed by atoms with van der Waals surface area (Å²) in [5.41, 5.74) is 5.61. The Morgan fingerprint density at radius 1 is 1.10 bits per heavy atom. The Balaban J connectivity index is 1.91. The molecular formula is C26H27N3O2. The molecule has 1 aromatic heterocycles. The predicted octanol–water partition coefficient (Wildman–Crippen LogP) is 4.18. The van der Waals surface area contributed by atoms with Gasteiger partial charge in [-0.1, -0.05) is 55.5 Å². The van der Waals surface area contributed by atoms with E-state index in [1.807, 2.05) is 42.5 Å². The standard InChI is InChI=1S/C26H27N3O2/c1-17-13-19(15-18-9-5-4-6-10-18)25-21(14-17)24(20-11-7-8-12-22(20)28-25)26(31)29(3)16-23(30)27-2/h4-12,15,17H,13-14,16H2,1-3H3,(H,27,30). The van der Waals surface area contributed by atoms with Crippen molar-refractivity contribution in [3.8, 4) is 0 Å². The van der Waals surface area contributed by atoms with Crippen LogP contribution in [0.5, 0.6) is 0 Å². The van der Waals surface area contributed by atoms with Gasteiger partial charge in [0.15, 0.2) is 0 Å². The van der Waals surface area contributed by atoms with Gasteiger partial charge in [0.25, 0.3) is 5.91 Å². The SMILES string of the molecule is CNC(=O)CN(C)C(=O)c1c2c(nc3ccccc13)C(=Cc1ccccc1)CC(C)C2. The topological polar surface area (TPSA) is 62.3 Å². The second kappa shape index (κ2) is 8.72. The molecule has 0 spiro atoms. The number of carbonyl (C=O) groups excluding carboxylic acids is 2. The van der Waals surface area contributed by atoms with E-state index in [0.717, 1.165) is 46.1 Å².